The Kier molecular flexibility index (Phi) is 4.01. The Morgan fingerprint density at radius 2 is 2.19 bits per heavy atom. The predicted octanol–water partition coefficient (Wildman–Crippen LogP) is 3.83. The third-order valence-electron chi connectivity index (χ3n) is 6.44. The Morgan fingerprint density at radius 3 is 3.07 bits per heavy atom. The maximum Gasteiger partial charge on any atom is 0.227 e. The highest BCUT2D eigenvalue weighted by Crippen LogP contribution is 2.61. The normalized spacial score (nSPS) is 28.9. The van der Waals surface area contributed by atoms with Gasteiger partial charge in [-0.2, -0.15) is 0 Å². The Labute approximate surface area is 159 Å². The summed E-state index contributed by atoms with van der Waals surface area (Å²) in [5.41, 5.74) is 1.19. The van der Waals surface area contributed by atoms with Gasteiger partial charge in [-0.15, -0.1) is 0 Å². The van der Waals surface area contributed by atoms with Gasteiger partial charge in [-0.25, -0.2) is 0 Å². The summed E-state index contributed by atoms with van der Waals surface area (Å²) in [5, 5.41) is 0. The van der Waals surface area contributed by atoms with Crippen LogP contribution in [0.2, 0.25) is 0 Å². The Hall–Kier alpha value is -2.27. The van der Waals surface area contributed by atoms with Crippen LogP contribution in [-0.2, 0) is 21.6 Å². The lowest BCUT2D eigenvalue weighted by Gasteiger charge is -2.29. The van der Waals surface area contributed by atoms with Crippen LogP contribution in [0.3, 0.4) is 0 Å². The summed E-state index contributed by atoms with van der Waals surface area (Å²) in [5.74, 6) is 2.99. The molecule has 2 aromatic rings. The molecule has 5 nitrogen and oxygen atoms in total. The Morgan fingerprint density at radius 1 is 1.30 bits per heavy atom. The molecule has 1 unspecified atom stereocenters. The molecule has 1 aliphatic carbocycles. The van der Waals surface area contributed by atoms with Crippen molar-refractivity contribution in [3.05, 3.63) is 53.5 Å². The van der Waals surface area contributed by atoms with Crippen molar-refractivity contribution in [1.29, 1.82) is 0 Å². The number of ether oxygens (including phenoxy) is 2. The van der Waals surface area contributed by atoms with Crippen LogP contribution in [-0.4, -0.2) is 31.1 Å². The Bertz CT molecular complexity index is 860. The summed E-state index contributed by atoms with van der Waals surface area (Å²) < 4.78 is 16.9. The van der Waals surface area contributed by atoms with E-state index in [0.29, 0.717) is 13.2 Å². The minimum atomic E-state index is -0.0244. The van der Waals surface area contributed by atoms with Gasteiger partial charge < -0.3 is 18.8 Å². The monoisotopic (exact) mass is 367 g/mol. The first-order chi connectivity index (χ1) is 13.2. The second-order valence-electron chi connectivity index (χ2n) is 7.93. The van der Waals surface area contributed by atoms with Crippen molar-refractivity contribution in [3.8, 4) is 5.75 Å². The molecule has 5 heteroatoms. The lowest BCUT2D eigenvalue weighted by molar-refractivity contribution is -0.134. The van der Waals surface area contributed by atoms with Gasteiger partial charge in [0.05, 0.1) is 12.6 Å². The molecule has 1 saturated carbocycles. The number of hydrogen-bond acceptors (Lipinski definition) is 4. The molecule has 3 heterocycles. The summed E-state index contributed by atoms with van der Waals surface area (Å²) in [6.45, 7) is 1.97. The van der Waals surface area contributed by atoms with Gasteiger partial charge in [-0.3, -0.25) is 4.79 Å². The number of carbonyl (C=O) groups excluding carboxylic acids is 1. The van der Waals surface area contributed by atoms with Crippen LogP contribution < -0.4 is 4.74 Å². The zero-order valence-electron chi connectivity index (χ0n) is 15.6. The standard InChI is InChI=1S/C22H25NO4/c1-25-14-15-8-9-20(27-15)18-6-4-11-23(18)21(24)17-13-22(17)10-12-26-19-7-3-2-5-16(19)22/h2-3,5,7-9,17-18H,4,6,10-14H2,1H3/t17-,18?,22-/m0/s1. The fraction of sp³-hybridized carbons (Fsp3) is 0.500. The molecular formula is C22H25NO4. The first-order valence-corrected chi connectivity index (χ1v) is 9.83. The van der Waals surface area contributed by atoms with Crippen LogP contribution >= 0.6 is 0 Å². The van der Waals surface area contributed by atoms with E-state index in [1.165, 1.54) is 5.56 Å². The van der Waals surface area contributed by atoms with Crippen LogP contribution in [0.1, 0.15) is 48.8 Å². The van der Waals surface area contributed by atoms with Crippen molar-refractivity contribution < 1.29 is 18.7 Å². The van der Waals surface area contributed by atoms with Gasteiger partial charge in [0.15, 0.2) is 0 Å². The zero-order valence-corrected chi connectivity index (χ0v) is 15.6. The van der Waals surface area contributed by atoms with Crippen molar-refractivity contribution in [2.45, 2.75) is 43.7 Å². The number of hydrogen-bond donors (Lipinski definition) is 0. The molecule has 27 heavy (non-hydrogen) atoms. The zero-order chi connectivity index (χ0) is 18.4. The molecule has 3 atom stereocenters. The van der Waals surface area contributed by atoms with Crippen LogP contribution in [0.15, 0.2) is 40.8 Å². The highest BCUT2D eigenvalue weighted by Gasteiger charge is 2.62. The quantitative estimate of drug-likeness (QED) is 0.824. The summed E-state index contributed by atoms with van der Waals surface area (Å²) >= 11 is 0. The second-order valence-corrected chi connectivity index (χ2v) is 7.93. The summed E-state index contributed by atoms with van der Waals surface area (Å²) in [7, 11) is 1.66. The molecule has 1 saturated heterocycles. The number of carbonyl (C=O) groups is 1. The van der Waals surface area contributed by atoms with E-state index in [1.807, 2.05) is 35.2 Å². The van der Waals surface area contributed by atoms with Gasteiger partial charge >= 0.3 is 0 Å². The number of para-hydroxylation sites is 1. The van der Waals surface area contributed by atoms with Crippen LogP contribution in [0.25, 0.3) is 0 Å². The van der Waals surface area contributed by atoms with Gasteiger partial charge in [-0.05, 0) is 43.9 Å². The number of likely N-dealkylation sites (tertiary alicyclic amines) is 1. The molecule has 2 fully saturated rings. The van der Waals surface area contributed by atoms with E-state index in [4.69, 9.17) is 13.9 Å². The van der Waals surface area contributed by atoms with Crippen molar-refractivity contribution in [2.24, 2.45) is 5.92 Å². The predicted molar refractivity (Wildman–Crippen MR) is 99.4 cm³/mol. The molecular weight excluding hydrogens is 342 g/mol. The van der Waals surface area contributed by atoms with E-state index in [0.717, 1.165) is 49.5 Å². The van der Waals surface area contributed by atoms with Gasteiger partial charge in [0.2, 0.25) is 5.91 Å². The molecule has 1 spiro atoms. The summed E-state index contributed by atoms with van der Waals surface area (Å²) in [6.07, 6.45) is 3.85. The number of benzene rings is 1. The van der Waals surface area contributed by atoms with Gasteiger partial charge in [-0.1, -0.05) is 18.2 Å². The van der Waals surface area contributed by atoms with Gasteiger partial charge in [0.1, 0.15) is 23.9 Å². The van der Waals surface area contributed by atoms with Crippen molar-refractivity contribution >= 4 is 5.91 Å². The number of methoxy groups -OCH3 is 1. The van der Waals surface area contributed by atoms with Crippen molar-refractivity contribution in [1.82, 2.24) is 4.90 Å². The highest BCUT2D eigenvalue weighted by atomic mass is 16.5. The lowest BCUT2D eigenvalue weighted by atomic mass is 9.87. The average molecular weight is 367 g/mol. The molecule has 2 aliphatic heterocycles. The molecule has 5 rings (SSSR count). The van der Waals surface area contributed by atoms with E-state index in [-0.39, 0.29) is 23.3 Å². The number of rotatable bonds is 4. The smallest absolute Gasteiger partial charge is 0.227 e. The topological polar surface area (TPSA) is 51.9 Å². The molecule has 142 valence electrons. The molecule has 1 aromatic carbocycles. The van der Waals surface area contributed by atoms with Crippen molar-refractivity contribution in [2.75, 3.05) is 20.3 Å². The summed E-state index contributed by atoms with van der Waals surface area (Å²) in [6, 6.07) is 12.2. The minimum Gasteiger partial charge on any atom is -0.493 e. The number of furan rings is 1. The second kappa shape index (κ2) is 6.41. The van der Waals surface area contributed by atoms with Crippen LogP contribution in [0, 0.1) is 5.92 Å². The molecule has 3 aliphatic rings. The third kappa shape index (κ3) is 2.67. The van der Waals surface area contributed by atoms with Crippen LogP contribution in [0.5, 0.6) is 5.75 Å². The highest BCUT2D eigenvalue weighted by molar-refractivity contribution is 5.85. The molecule has 1 aromatic heterocycles. The largest absolute Gasteiger partial charge is 0.493 e. The maximum atomic E-state index is 13.4. The lowest BCUT2D eigenvalue weighted by Crippen LogP contribution is -2.35. The minimum absolute atomic E-state index is 0.0244. The van der Waals surface area contributed by atoms with E-state index < -0.39 is 0 Å². The number of amides is 1. The fourth-order valence-electron chi connectivity index (χ4n) is 5.00. The first kappa shape index (κ1) is 16.9. The fourth-order valence-corrected chi connectivity index (χ4v) is 5.00. The molecule has 0 radical (unpaired) electrons. The maximum absolute atomic E-state index is 13.4. The number of fused-ring (bicyclic) bond motifs is 2. The van der Waals surface area contributed by atoms with E-state index in [1.54, 1.807) is 7.11 Å². The number of nitrogens with zero attached hydrogens (tertiary/aromatic N) is 1. The SMILES string of the molecule is COCc1ccc(C2CCCN2C(=O)[C@@H]2C[C@]23CCOc2ccccc23)o1. The van der Waals surface area contributed by atoms with Crippen molar-refractivity contribution in [3.63, 3.8) is 0 Å². The van der Waals surface area contributed by atoms with E-state index >= 15 is 0 Å². The third-order valence-corrected chi connectivity index (χ3v) is 6.44. The molecule has 1 amide bonds. The van der Waals surface area contributed by atoms with E-state index in [9.17, 15) is 4.79 Å². The van der Waals surface area contributed by atoms with Crippen LogP contribution in [0.4, 0.5) is 0 Å². The van der Waals surface area contributed by atoms with Gasteiger partial charge in [0.25, 0.3) is 0 Å². The molecule has 0 bridgehead atoms. The average Bonchev–Trinajstić information content (AvgIpc) is 3.03. The van der Waals surface area contributed by atoms with Gasteiger partial charge in [0, 0.05) is 30.6 Å². The molecule has 0 N–H and O–H groups in total. The first-order valence-electron chi connectivity index (χ1n) is 9.83. The summed E-state index contributed by atoms with van der Waals surface area (Å²) in [4.78, 5) is 15.5. The Balaban J connectivity index is 1.37. The van der Waals surface area contributed by atoms with E-state index in [2.05, 4.69) is 6.07 Å².